The van der Waals surface area contributed by atoms with E-state index in [1.54, 1.807) is 0 Å². The number of hydrogen-bond donors (Lipinski definition) is 1. The first-order valence-electron chi connectivity index (χ1n) is 5.78. The Morgan fingerprint density at radius 3 is 2.71 bits per heavy atom. The van der Waals surface area contributed by atoms with Gasteiger partial charge in [-0.15, -0.1) is 0 Å². The lowest BCUT2D eigenvalue weighted by atomic mass is 9.63. The zero-order valence-electron chi connectivity index (χ0n) is 9.66. The van der Waals surface area contributed by atoms with Crippen LogP contribution >= 0.6 is 0 Å². The average molecular weight is 234 g/mol. The molecule has 1 saturated carbocycles. The van der Waals surface area contributed by atoms with Crippen molar-refractivity contribution in [2.45, 2.75) is 31.6 Å². The minimum atomic E-state index is -0.731. The average Bonchev–Trinajstić information content (AvgIpc) is 2.67. The molecular formula is C13H14O4. The Balaban J connectivity index is 2.12. The van der Waals surface area contributed by atoms with E-state index in [4.69, 9.17) is 9.47 Å². The largest absolute Gasteiger partial charge is 0.481 e. The second kappa shape index (κ2) is 3.39. The van der Waals surface area contributed by atoms with Gasteiger partial charge in [-0.25, -0.2) is 0 Å². The van der Waals surface area contributed by atoms with E-state index < -0.39 is 11.4 Å². The van der Waals surface area contributed by atoms with Crippen LogP contribution < -0.4 is 9.47 Å². The summed E-state index contributed by atoms with van der Waals surface area (Å²) in [5.41, 5.74) is 1.08. The summed E-state index contributed by atoms with van der Waals surface area (Å²) in [6.45, 7) is 2.13. The molecule has 0 bridgehead atoms. The number of fused-ring (bicyclic) bond motifs is 1. The summed E-state index contributed by atoms with van der Waals surface area (Å²) >= 11 is 0. The van der Waals surface area contributed by atoms with Crippen LogP contribution in [0.2, 0.25) is 0 Å². The lowest BCUT2D eigenvalue weighted by Gasteiger charge is -2.39. The van der Waals surface area contributed by atoms with E-state index in [-0.39, 0.29) is 6.79 Å². The van der Waals surface area contributed by atoms with Gasteiger partial charge in [0.2, 0.25) is 6.79 Å². The van der Waals surface area contributed by atoms with E-state index in [2.05, 4.69) is 0 Å². The van der Waals surface area contributed by atoms with Gasteiger partial charge < -0.3 is 14.6 Å². The molecule has 0 radical (unpaired) electrons. The smallest absolute Gasteiger partial charge is 0.314 e. The molecule has 1 aromatic rings. The van der Waals surface area contributed by atoms with Crippen LogP contribution in [0.3, 0.4) is 0 Å². The van der Waals surface area contributed by atoms with Crippen LogP contribution in [0.4, 0.5) is 0 Å². The maximum atomic E-state index is 11.5. The molecule has 0 spiro atoms. The predicted octanol–water partition coefficient (Wildman–Crippen LogP) is 2.23. The van der Waals surface area contributed by atoms with Crippen molar-refractivity contribution < 1.29 is 19.4 Å². The van der Waals surface area contributed by atoms with Crippen LogP contribution in [0.25, 0.3) is 0 Å². The van der Waals surface area contributed by atoms with Gasteiger partial charge >= 0.3 is 5.97 Å². The number of carboxylic acids is 1. The molecule has 3 rings (SSSR count). The highest BCUT2D eigenvalue weighted by atomic mass is 16.7. The molecule has 1 aliphatic heterocycles. The number of rotatable bonds is 2. The van der Waals surface area contributed by atoms with Crippen molar-refractivity contribution in [1.82, 2.24) is 0 Å². The van der Waals surface area contributed by atoms with Gasteiger partial charge in [0.05, 0.1) is 5.41 Å². The first-order valence-corrected chi connectivity index (χ1v) is 5.78. The van der Waals surface area contributed by atoms with Crippen molar-refractivity contribution in [2.24, 2.45) is 0 Å². The third-order valence-corrected chi connectivity index (χ3v) is 3.92. The first-order chi connectivity index (χ1) is 8.15. The Morgan fingerprint density at radius 1 is 1.35 bits per heavy atom. The standard InChI is InChI=1S/C13H14O4/c1-8-9(13(12(14)15)5-2-6-13)3-4-10-11(8)17-7-16-10/h3-4H,2,5-7H2,1H3,(H,14,15). The second-order valence-electron chi connectivity index (χ2n) is 4.71. The topological polar surface area (TPSA) is 55.8 Å². The highest BCUT2D eigenvalue weighted by Crippen LogP contribution is 2.49. The van der Waals surface area contributed by atoms with Crippen LogP contribution in [0.15, 0.2) is 12.1 Å². The third-order valence-electron chi connectivity index (χ3n) is 3.92. The molecule has 0 saturated heterocycles. The van der Waals surface area contributed by atoms with Gasteiger partial charge in [0.1, 0.15) is 0 Å². The fraction of sp³-hybridized carbons (Fsp3) is 0.462. The summed E-state index contributed by atoms with van der Waals surface area (Å²) in [6.07, 6.45) is 2.39. The molecule has 1 heterocycles. The van der Waals surface area contributed by atoms with E-state index >= 15 is 0 Å². The summed E-state index contributed by atoms with van der Waals surface area (Å²) in [5.74, 6) is 0.687. The predicted molar refractivity (Wildman–Crippen MR) is 60.5 cm³/mol. The molecule has 4 heteroatoms. The third kappa shape index (κ3) is 1.27. The Hall–Kier alpha value is -1.71. The molecule has 0 atom stereocenters. The van der Waals surface area contributed by atoms with Crippen LogP contribution in [0.5, 0.6) is 11.5 Å². The monoisotopic (exact) mass is 234 g/mol. The van der Waals surface area contributed by atoms with Crippen LogP contribution in [-0.2, 0) is 10.2 Å². The zero-order valence-corrected chi connectivity index (χ0v) is 9.66. The van der Waals surface area contributed by atoms with E-state index in [0.29, 0.717) is 24.3 Å². The fourth-order valence-corrected chi connectivity index (χ4v) is 2.76. The highest BCUT2D eigenvalue weighted by Gasteiger charge is 2.47. The molecule has 1 aliphatic carbocycles. The van der Waals surface area contributed by atoms with Gasteiger partial charge in [-0.1, -0.05) is 12.5 Å². The van der Waals surface area contributed by atoms with Crippen molar-refractivity contribution >= 4 is 5.97 Å². The van der Waals surface area contributed by atoms with Gasteiger partial charge in [-0.3, -0.25) is 4.79 Å². The van der Waals surface area contributed by atoms with Crippen LogP contribution in [0.1, 0.15) is 30.4 Å². The minimum Gasteiger partial charge on any atom is -0.481 e. The van der Waals surface area contributed by atoms with Gasteiger partial charge in [0.15, 0.2) is 11.5 Å². The zero-order chi connectivity index (χ0) is 12.0. The summed E-state index contributed by atoms with van der Waals surface area (Å²) in [5, 5.41) is 9.44. The van der Waals surface area contributed by atoms with Crippen molar-refractivity contribution in [3.8, 4) is 11.5 Å². The van der Waals surface area contributed by atoms with E-state index in [9.17, 15) is 9.90 Å². The molecule has 1 aromatic carbocycles. The number of hydrogen-bond acceptors (Lipinski definition) is 3. The maximum absolute atomic E-state index is 11.5. The van der Waals surface area contributed by atoms with E-state index in [0.717, 1.165) is 17.5 Å². The maximum Gasteiger partial charge on any atom is 0.314 e. The van der Waals surface area contributed by atoms with Gasteiger partial charge in [0, 0.05) is 0 Å². The molecular weight excluding hydrogens is 220 g/mol. The Morgan fingerprint density at radius 2 is 2.12 bits per heavy atom. The lowest BCUT2D eigenvalue weighted by Crippen LogP contribution is -2.42. The van der Waals surface area contributed by atoms with Crippen LogP contribution in [-0.4, -0.2) is 17.9 Å². The van der Waals surface area contributed by atoms with Crippen molar-refractivity contribution in [1.29, 1.82) is 0 Å². The summed E-state index contributed by atoms with van der Waals surface area (Å²) in [6, 6.07) is 3.68. The number of carboxylic acid groups (broad SMARTS) is 1. The van der Waals surface area contributed by atoms with Crippen LogP contribution in [0, 0.1) is 6.92 Å². The van der Waals surface area contributed by atoms with Crippen molar-refractivity contribution in [3.05, 3.63) is 23.3 Å². The number of aliphatic carboxylic acids is 1. The van der Waals surface area contributed by atoms with E-state index in [1.165, 1.54) is 0 Å². The molecule has 90 valence electrons. The second-order valence-corrected chi connectivity index (χ2v) is 4.71. The molecule has 1 N–H and O–H groups in total. The van der Waals surface area contributed by atoms with E-state index in [1.807, 2.05) is 19.1 Å². The summed E-state index contributed by atoms with van der Waals surface area (Å²) in [4.78, 5) is 11.5. The van der Waals surface area contributed by atoms with Crippen molar-refractivity contribution in [2.75, 3.05) is 6.79 Å². The highest BCUT2D eigenvalue weighted by molar-refractivity contribution is 5.83. The normalized spacial score (nSPS) is 19.8. The molecule has 0 unspecified atom stereocenters. The number of benzene rings is 1. The number of carbonyl (C=O) groups is 1. The molecule has 17 heavy (non-hydrogen) atoms. The van der Waals surface area contributed by atoms with Crippen molar-refractivity contribution in [3.63, 3.8) is 0 Å². The van der Waals surface area contributed by atoms with Gasteiger partial charge in [0.25, 0.3) is 0 Å². The lowest BCUT2D eigenvalue weighted by molar-refractivity contribution is -0.147. The summed E-state index contributed by atoms with van der Waals surface area (Å²) < 4.78 is 10.7. The Labute approximate surface area is 99.2 Å². The number of ether oxygens (including phenoxy) is 2. The molecule has 0 aromatic heterocycles. The summed E-state index contributed by atoms with van der Waals surface area (Å²) in [7, 11) is 0. The first kappa shape index (κ1) is 10.4. The van der Waals surface area contributed by atoms with Gasteiger partial charge in [-0.2, -0.15) is 0 Å². The molecule has 4 nitrogen and oxygen atoms in total. The Bertz CT molecular complexity index is 488. The fourth-order valence-electron chi connectivity index (χ4n) is 2.76. The Kier molecular flexibility index (Phi) is 2.08. The minimum absolute atomic E-state index is 0.222. The molecule has 1 fully saturated rings. The van der Waals surface area contributed by atoms with Gasteiger partial charge in [-0.05, 0) is 37.0 Å². The molecule has 2 aliphatic rings. The quantitative estimate of drug-likeness (QED) is 0.852. The SMILES string of the molecule is Cc1c(C2(C(=O)O)CCC2)ccc2c1OCO2. The molecule has 0 amide bonds.